The maximum Gasteiger partial charge on any atom is -0.00203 e. The summed E-state index contributed by atoms with van der Waals surface area (Å²) in [6.07, 6.45) is 0. The molecule has 0 spiro atoms. The number of fused-ring (bicyclic) bond motifs is 5. The Kier molecular flexibility index (Phi) is 6.25. The normalized spacial score (nSPS) is 11.5. The Morgan fingerprint density at radius 2 is 0.478 bits per heavy atom. The van der Waals surface area contributed by atoms with Gasteiger partial charge in [0.2, 0.25) is 0 Å². The minimum atomic E-state index is 1.23. The summed E-state index contributed by atoms with van der Waals surface area (Å²) >= 11 is 0. The molecule has 0 amide bonds. The first-order valence-electron chi connectivity index (χ1n) is 16.0. The SMILES string of the molecule is c1ccc(-c2c3ccccc3c(-c3ccc4c(-c5ccccc5)c(-c5ccccc5)c5ccccc5c4c3)c3ccccc23)cc1. The molecule has 0 N–H and O–H groups in total. The fraction of sp³-hybridized carbons (Fsp3) is 0. The van der Waals surface area contributed by atoms with Crippen molar-refractivity contribution in [2.45, 2.75) is 0 Å². The summed E-state index contributed by atoms with van der Waals surface area (Å²) in [7, 11) is 0. The maximum atomic E-state index is 2.44. The molecular weight excluding hydrogens is 553 g/mol. The molecule has 214 valence electrons. The standard InChI is InChI=1S/C46H30/c1-4-16-31(17-5-1)43-37-24-12-14-26-39(37)44(40-27-15-13-25-38(40)43)34-28-29-41-42(30-34)35-22-10-11-23-36(35)45(32-18-6-2-7-19-32)46(41)33-20-8-3-9-21-33/h1-30H. The van der Waals surface area contributed by atoms with Gasteiger partial charge in [0.05, 0.1) is 0 Å². The highest BCUT2D eigenvalue weighted by atomic mass is 14.2. The van der Waals surface area contributed by atoms with Crippen molar-refractivity contribution in [1.29, 1.82) is 0 Å². The average Bonchev–Trinajstić information content (AvgIpc) is 3.14. The van der Waals surface area contributed by atoms with Gasteiger partial charge >= 0.3 is 0 Å². The van der Waals surface area contributed by atoms with E-state index in [4.69, 9.17) is 0 Å². The van der Waals surface area contributed by atoms with E-state index in [2.05, 4.69) is 182 Å². The van der Waals surface area contributed by atoms with Crippen molar-refractivity contribution in [3.8, 4) is 44.5 Å². The van der Waals surface area contributed by atoms with Crippen LogP contribution < -0.4 is 0 Å². The Balaban J connectivity index is 1.42. The Morgan fingerprint density at radius 1 is 0.174 bits per heavy atom. The Morgan fingerprint density at radius 3 is 0.913 bits per heavy atom. The van der Waals surface area contributed by atoms with Crippen LogP contribution in [0.4, 0.5) is 0 Å². The summed E-state index contributed by atoms with van der Waals surface area (Å²) < 4.78 is 0. The van der Waals surface area contributed by atoms with E-state index >= 15 is 0 Å². The van der Waals surface area contributed by atoms with Crippen LogP contribution in [-0.4, -0.2) is 0 Å². The van der Waals surface area contributed by atoms with Crippen LogP contribution in [0.15, 0.2) is 182 Å². The zero-order chi connectivity index (χ0) is 30.5. The van der Waals surface area contributed by atoms with Crippen molar-refractivity contribution in [2.75, 3.05) is 0 Å². The first-order valence-corrected chi connectivity index (χ1v) is 16.0. The smallest absolute Gasteiger partial charge is 0.00203 e. The molecule has 0 atom stereocenters. The third kappa shape index (κ3) is 4.15. The number of hydrogen-bond donors (Lipinski definition) is 0. The molecule has 0 aliphatic heterocycles. The van der Waals surface area contributed by atoms with Crippen LogP contribution in [0.5, 0.6) is 0 Å². The molecule has 0 heterocycles. The van der Waals surface area contributed by atoms with Crippen LogP contribution in [0.1, 0.15) is 0 Å². The van der Waals surface area contributed by atoms with E-state index in [1.807, 2.05) is 0 Å². The molecule has 0 nitrogen and oxygen atoms in total. The lowest BCUT2D eigenvalue weighted by molar-refractivity contribution is 1.62. The van der Waals surface area contributed by atoms with E-state index in [1.54, 1.807) is 0 Å². The van der Waals surface area contributed by atoms with Gasteiger partial charge in [0.25, 0.3) is 0 Å². The van der Waals surface area contributed by atoms with Crippen LogP contribution in [0, 0.1) is 0 Å². The molecule has 0 aliphatic carbocycles. The lowest BCUT2D eigenvalue weighted by Crippen LogP contribution is -1.93. The summed E-state index contributed by atoms with van der Waals surface area (Å²) in [5.74, 6) is 0. The molecule has 9 aromatic carbocycles. The van der Waals surface area contributed by atoms with Crippen LogP contribution in [-0.2, 0) is 0 Å². The predicted molar refractivity (Wildman–Crippen MR) is 198 cm³/mol. The first-order chi connectivity index (χ1) is 22.9. The molecule has 0 unspecified atom stereocenters. The van der Waals surface area contributed by atoms with Gasteiger partial charge in [-0.05, 0) is 93.7 Å². The van der Waals surface area contributed by atoms with E-state index in [0.717, 1.165) is 0 Å². The largest absolute Gasteiger partial charge is 0.0622 e. The van der Waals surface area contributed by atoms with Crippen molar-refractivity contribution < 1.29 is 0 Å². The van der Waals surface area contributed by atoms with Gasteiger partial charge in [-0.25, -0.2) is 0 Å². The summed E-state index contributed by atoms with van der Waals surface area (Å²) in [5.41, 5.74) is 10.1. The second-order valence-electron chi connectivity index (χ2n) is 12.0. The van der Waals surface area contributed by atoms with Gasteiger partial charge in [-0.3, -0.25) is 0 Å². The molecule has 46 heavy (non-hydrogen) atoms. The maximum absolute atomic E-state index is 2.44. The van der Waals surface area contributed by atoms with Gasteiger partial charge in [-0.15, -0.1) is 0 Å². The molecule has 0 aromatic heterocycles. The zero-order valence-electron chi connectivity index (χ0n) is 25.3. The molecule has 0 heteroatoms. The monoisotopic (exact) mass is 582 g/mol. The zero-order valence-corrected chi connectivity index (χ0v) is 25.3. The molecule has 0 aliphatic rings. The third-order valence-electron chi connectivity index (χ3n) is 9.43. The minimum absolute atomic E-state index is 1.23. The Labute approximate surface area is 268 Å². The molecule has 9 rings (SSSR count). The van der Waals surface area contributed by atoms with Gasteiger partial charge in [-0.1, -0.05) is 176 Å². The van der Waals surface area contributed by atoms with E-state index in [1.165, 1.54) is 87.6 Å². The summed E-state index contributed by atoms with van der Waals surface area (Å²) in [6, 6.07) is 66.4. The van der Waals surface area contributed by atoms with Crippen LogP contribution in [0.3, 0.4) is 0 Å². The van der Waals surface area contributed by atoms with Gasteiger partial charge in [0, 0.05) is 0 Å². The molecule has 9 aromatic rings. The lowest BCUT2D eigenvalue weighted by Gasteiger charge is -2.21. The quantitative estimate of drug-likeness (QED) is 0.143. The molecule has 0 fully saturated rings. The van der Waals surface area contributed by atoms with Gasteiger partial charge in [0.1, 0.15) is 0 Å². The van der Waals surface area contributed by atoms with Crippen LogP contribution >= 0.6 is 0 Å². The van der Waals surface area contributed by atoms with E-state index in [0.29, 0.717) is 0 Å². The van der Waals surface area contributed by atoms with Gasteiger partial charge in [0.15, 0.2) is 0 Å². The lowest BCUT2D eigenvalue weighted by atomic mass is 9.82. The van der Waals surface area contributed by atoms with Crippen molar-refractivity contribution in [1.82, 2.24) is 0 Å². The molecule has 0 radical (unpaired) electrons. The van der Waals surface area contributed by atoms with Gasteiger partial charge in [-0.2, -0.15) is 0 Å². The van der Waals surface area contributed by atoms with Crippen LogP contribution in [0.2, 0.25) is 0 Å². The van der Waals surface area contributed by atoms with Crippen molar-refractivity contribution in [3.05, 3.63) is 182 Å². The predicted octanol–water partition coefficient (Wildman–Crippen LogP) is 13.0. The topological polar surface area (TPSA) is 0 Å². The highest BCUT2D eigenvalue weighted by Crippen LogP contribution is 2.48. The number of rotatable bonds is 4. The summed E-state index contributed by atoms with van der Waals surface area (Å²) in [4.78, 5) is 0. The van der Waals surface area contributed by atoms with Crippen molar-refractivity contribution >= 4 is 43.1 Å². The van der Waals surface area contributed by atoms with E-state index in [-0.39, 0.29) is 0 Å². The van der Waals surface area contributed by atoms with E-state index in [9.17, 15) is 0 Å². The third-order valence-corrected chi connectivity index (χ3v) is 9.43. The fourth-order valence-corrected chi connectivity index (χ4v) is 7.51. The first kappa shape index (κ1) is 26.4. The minimum Gasteiger partial charge on any atom is -0.0622 e. The van der Waals surface area contributed by atoms with Gasteiger partial charge < -0.3 is 0 Å². The highest BCUT2D eigenvalue weighted by molar-refractivity contribution is 6.25. The molecule has 0 saturated heterocycles. The highest BCUT2D eigenvalue weighted by Gasteiger charge is 2.20. The molecule has 0 saturated carbocycles. The number of hydrogen-bond acceptors (Lipinski definition) is 0. The van der Waals surface area contributed by atoms with Crippen molar-refractivity contribution in [3.63, 3.8) is 0 Å². The molecular formula is C46H30. The summed E-state index contributed by atoms with van der Waals surface area (Å²) in [5, 5.41) is 10.2. The second-order valence-corrected chi connectivity index (χ2v) is 12.0. The number of benzene rings is 9. The summed E-state index contributed by atoms with van der Waals surface area (Å²) in [6.45, 7) is 0. The Hall–Kier alpha value is -5.98. The second kappa shape index (κ2) is 10.9. The van der Waals surface area contributed by atoms with E-state index < -0.39 is 0 Å². The molecule has 0 bridgehead atoms. The fourth-order valence-electron chi connectivity index (χ4n) is 7.51. The van der Waals surface area contributed by atoms with Crippen LogP contribution in [0.25, 0.3) is 87.6 Å². The van der Waals surface area contributed by atoms with Crippen molar-refractivity contribution in [2.24, 2.45) is 0 Å². The average molecular weight is 583 g/mol. The Bertz CT molecular complexity index is 2490.